The number of hydrogen-bond donors (Lipinski definition) is 1. The maximum Gasteiger partial charge on any atom is 0.332 e. The number of carbonyl (C=O) groups excluding carboxylic acids is 1. The molecule has 0 amide bonds. The molecular weight excluding hydrogens is 278 g/mol. The number of esters is 1. The van der Waals surface area contributed by atoms with E-state index >= 15 is 0 Å². The van der Waals surface area contributed by atoms with Gasteiger partial charge in [-0.3, -0.25) is 0 Å². The highest BCUT2D eigenvalue weighted by atomic mass is 16.5. The minimum Gasteiger partial charge on any atom is -0.487 e. The molecule has 4 heteroatoms. The number of rotatable bonds is 7. The molecular formula is C18H19NO3. The fourth-order valence-electron chi connectivity index (χ4n) is 1.84. The molecule has 1 N–H and O–H groups in total. The second-order valence-corrected chi connectivity index (χ2v) is 4.50. The average Bonchev–Trinajstić information content (AvgIpc) is 2.55. The van der Waals surface area contributed by atoms with Crippen LogP contribution in [-0.4, -0.2) is 12.6 Å². The number of para-hydroxylation sites is 2. The van der Waals surface area contributed by atoms with Crippen LogP contribution in [0.1, 0.15) is 12.5 Å². The zero-order chi connectivity index (χ0) is 15.6. The standard InChI is InChI=1S/C18H19NO3/c1-2-21-18(20)12-13-19-16-10-6-7-11-17(16)22-14-15-8-4-3-5-9-15/h3-13,19H,2,14H2,1H3. The van der Waals surface area contributed by atoms with Gasteiger partial charge in [0, 0.05) is 12.3 Å². The van der Waals surface area contributed by atoms with Gasteiger partial charge >= 0.3 is 5.97 Å². The first-order valence-corrected chi connectivity index (χ1v) is 7.15. The monoisotopic (exact) mass is 297 g/mol. The van der Waals surface area contributed by atoms with Crippen molar-refractivity contribution in [1.29, 1.82) is 0 Å². The summed E-state index contributed by atoms with van der Waals surface area (Å²) in [5.74, 6) is 0.345. The molecule has 0 spiro atoms. The molecule has 2 rings (SSSR count). The van der Waals surface area contributed by atoms with Crippen LogP contribution >= 0.6 is 0 Å². The molecule has 0 saturated carbocycles. The fourth-order valence-corrected chi connectivity index (χ4v) is 1.84. The Balaban J connectivity index is 1.96. The Bertz CT molecular complexity index is 623. The van der Waals surface area contributed by atoms with Crippen LogP contribution in [0, 0.1) is 0 Å². The third-order valence-electron chi connectivity index (χ3n) is 2.87. The Morgan fingerprint density at radius 2 is 1.82 bits per heavy atom. The summed E-state index contributed by atoms with van der Waals surface area (Å²) in [4.78, 5) is 11.2. The highest BCUT2D eigenvalue weighted by molar-refractivity contribution is 5.82. The maximum atomic E-state index is 11.2. The predicted molar refractivity (Wildman–Crippen MR) is 86.6 cm³/mol. The summed E-state index contributed by atoms with van der Waals surface area (Å²) in [6.07, 6.45) is 2.89. The smallest absolute Gasteiger partial charge is 0.332 e. The van der Waals surface area contributed by atoms with E-state index < -0.39 is 0 Å². The zero-order valence-corrected chi connectivity index (χ0v) is 12.5. The number of anilines is 1. The Morgan fingerprint density at radius 3 is 2.59 bits per heavy atom. The molecule has 0 aromatic heterocycles. The highest BCUT2D eigenvalue weighted by Gasteiger charge is 2.02. The maximum absolute atomic E-state index is 11.2. The van der Waals surface area contributed by atoms with Gasteiger partial charge in [0.05, 0.1) is 12.3 Å². The first-order chi connectivity index (χ1) is 10.8. The predicted octanol–water partition coefficient (Wildman–Crippen LogP) is 3.75. The number of nitrogens with one attached hydrogen (secondary N) is 1. The highest BCUT2D eigenvalue weighted by Crippen LogP contribution is 2.24. The summed E-state index contributed by atoms with van der Waals surface area (Å²) in [7, 11) is 0. The van der Waals surface area contributed by atoms with Crippen LogP contribution < -0.4 is 10.1 Å². The molecule has 0 aliphatic rings. The third kappa shape index (κ3) is 4.98. The van der Waals surface area contributed by atoms with Crippen LogP contribution in [-0.2, 0) is 16.1 Å². The van der Waals surface area contributed by atoms with E-state index in [1.807, 2.05) is 54.6 Å². The first-order valence-electron chi connectivity index (χ1n) is 7.15. The average molecular weight is 297 g/mol. The molecule has 0 bridgehead atoms. The van der Waals surface area contributed by atoms with Gasteiger partial charge in [0.1, 0.15) is 12.4 Å². The van der Waals surface area contributed by atoms with Crippen molar-refractivity contribution >= 4 is 11.7 Å². The summed E-state index contributed by atoms with van der Waals surface area (Å²) in [5, 5.41) is 3.03. The molecule has 2 aromatic rings. The normalized spacial score (nSPS) is 10.4. The Labute approximate surface area is 130 Å². The van der Waals surface area contributed by atoms with Crippen LogP contribution in [0.4, 0.5) is 5.69 Å². The minimum absolute atomic E-state index is 0.361. The van der Waals surface area contributed by atoms with Crippen molar-refractivity contribution in [2.75, 3.05) is 11.9 Å². The lowest BCUT2D eigenvalue weighted by molar-refractivity contribution is -0.137. The van der Waals surface area contributed by atoms with Crippen LogP contribution in [0.2, 0.25) is 0 Å². The Morgan fingerprint density at radius 1 is 1.09 bits per heavy atom. The minimum atomic E-state index is -0.377. The third-order valence-corrected chi connectivity index (χ3v) is 2.87. The van der Waals surface area contributed by atoms with Crippen LogP contribution in [0.25, 0.3) is 0 Å². The summed E-state index contributed by atoms with van der Waals surface area (Å²) in [5.41, 5.74) is 1.89. The lowest BCUT2D eigenvalue weighted by Crippen LogP contribution is -2.01. The van der Waals surface area contributed by atoms with Gasteiger partial charge in [-0.2, -0.15) is 0 Å². The van der Waals surface area contributed by atoms with E-state index in [1.165, 1.54) is 6.08 Å². The van der Waals surface area contributed by atoms with Crippen molar-refractivity contribution in [3.8, 4) is 5.75 Å². The van der Waals surface area contributed by atoms with E-state index in [4.69, 9.17) is 9.47 Å². The second kappa shape index (κ2) is 8.52. The van der Waals surface area contributed by atoms with Gasteiger partial charge in [-0.05, 0) is 24.6 Å². The van der Waals surface area contributed by atoms with Crippen molar-refractivity contribution in [3.63, 3.8) is 0 Å². The van der Waals surface area contributed by atoms with Gasteiger partial charge in [0.15, 0.2) is 0 Å². The zero-order valence-electron chi connectivity index (χ0n) is 12.5. The van der Waals surface area contributed by atoms with Gasteiger partial charge in [-0.25, -0.2) is 4.79 Å². The molecule has 0 heterocycles. The van der Waals surface area contributed by atoms with Crippen molar-refractivity contribution in [2.24, 2.45) is 0 Å². The van der Waals surface area contributed by atoms with Gasteiger partial charge in [0.2, 0.25) is 0 Å². The quantitative estimate of drug-likeness (QED) is 0.624. The molecule has 0 fully saturated rings. The molecule has 0 aliphatic heterocycles. The van der Waals surface area contributed by atoms with Crippen molar-refractivity contribution in [2.45, 2.75) is 13.5 Å². The molecule has 0 saturated heterocycles. The van der Waals surface area contributed by atoms with E-state index in [1.54, 1.807) is 13.1 Å². The summed E-state index contributed by atoms with van der Waals surface area (Å²) in [6.45, 7) is 2.62. The Hall–Kier alpha value is -2.75. The van der Waals surface area contributed by atoms with Gasteiger partial charge in [0.25, 0.3) is 0 Å². The largest absolute Gasteiger partial charge is 0.487 e. The summed E-state index contributed by atoms with van der Waals surface area (Å²) >= 11 is 0. The second-order valence-electron chi connectivity index (χ2n) is 4.50. The van der Waals surface area contributed by atoms with Gasteiger partial charge in [-0.15, -0.1) is 0 Å². The van der Waals surface area contributed by atoms with E-state index in [0.29, 0.717) is 13.2 Å². The Kier molecular flexibility index (Phi) is 6.05. The number of benzene rings is 2. The van der Waals surface area contributed by atoms with Crippen molar-refractivity contribution in [3.05, 3.63) is 72.4 Å². The van der Waals surface area contributed by atoms with Gasteiger partial charge < -0.3 is 14.8 Å². The van der Waals surface area contributed by atoms with E-state index in [9.17, 15) is 4.79 Å². The summed E-state index contributed by atoms with van der Waals surface area (Å²) in [6, 6.07) is 17.5. The van der Waals surface area contributed by atoms with Crippen LogP contribution in [0.15, 0.2) is 66.9 Å². The number of hydrogen-bond acceptors (Lipinski definition) is 4. The molecule has 0 unspecified atom stereocenters. The van der Waals surface area contributed by atoms with Crippen LogP contribution in [0.5, 0.6) is 5.75 Å². The summed E-state index contributed by atoms with van der Waals surface area (Å²) < 4.78 is 10.6. The number of carbonyl (C=O) groups is 1. The first kappa shape index (κ1) is 15.6. The number of ether oxygens (including phenoxy) is 2. The molecule has 0 atom stereocenters. The van der Waals surface area contributed by atoms with Crippen molar-refractivity contribution < 1.29 is 14.3 Å². The molecule has 22 heavy (non-hydrogen) atoms. The van der Waals surface area contributed by atoms with Crippen molar-refractivity contribution in [1.82, 2.24) is 0 Å². The molecule has 114 valence electrons. The van der Waals surface area contributed by atoms with E-state index in [0.717, 1.165) is 17.0 Å². The molecule has 4 nitrogen and oxygen atoms in total. The van der Waals surface area contributed by atoms with Gasteiger partial charge in [-0.1, -0.05) is 42.5 Å². The van der Waals surface area contributed by atoms with E-state index in [2.05, 4.69) is 5.32 Å². The topological polar surface area (TPSA) is 47.6 Å². The molecule has 0 aliphatic carbocycles. The molecule has 2 aromatic carbocycles. The lowest BCUT2D eigenvalue weighted by Gasteiger charge is -2.11. The lowest BCUT2D eigenvalue weighted by atomic mass is 10.2. The molecule has 0 radical (unpaired) electrons. The van der Waals surface area contributed by atoms with Crippen LogP contribution in [0.3, 0.4) is 0 Å². The SMILES string of the molecule is CCOC(=O)C=CNc1ccccc1OCc1ccccc1. The fraction of sp³-hybridized carbons (Fsp3) is 0.167. The van der Waals surface area contributed by atoms with E-state index in [-0.39, 0.29) is 5.97 Å².